The fraction of sp³-hybridized carbons (Fsp3) is 0.444. The lowest BCUT2D eigenvalue weighted by Crippen LogP contribution is -2.47. The van der Waals surface area contributed by atoms with Crippen LogP contribution in [0.5, 0.6) is 0 Å². The molecule has 0 unspecified atom stereocenters. The third-order valence-corrected chi connectivity index (χ3v) is 4.12. The largest absolute Gasteiger partial charge is 0.373 e. The zero-order chi connectivity index (χ0) is 17.8. The predicted molar refractivity (Wildman–Crippen MR) is 92.3 cm³/mol. The smallest absolute Gasteiger partial charge is 0.271 e. The lowest BCUT2D eigenvalue weighted by atomic mass is 10.2. The van der Waals surface area contributed by atoms with Crippen molar-refractivity contribution < 1.29 is 13.9 Å². The molecule has 2 heterocycles. The van der Waals surface area contributed by atoms with Gasteiger partial charge in [-0.05, 0) is 44.2 Å². The van der Waals surface area contributed by atoms with E-state index in [4.69, 9.17) is 4.74 Å². The summed E-state index contributed by atoms with van der Waals surface area (Å²) in [6.07, 6.45) is 2.12. The Labute approximate surface area is 146 Å². The van der Waals surface area contributed by atoms with Crippen molar-refractivity contribution in [3.8, 4) is 5.69 Å². The summed E-state index contributed by atoms with van der Waals surface area (Å²) in [4.78, 5) is 14.5. The van der Waals surface area contributed by atoms with E-state index in [1.54, 1.807) is 29.1 Å². The van der Waals surface area contributed by atoms with Crippen LogP contribution in [-0.2, 0) is 4.74 Å². The number of hydrogen-bond donors (Lipinski definition) is 1. The van der Waals surface area contributed by atoms with E-state index >= 15 is 0 Å². The summed E-state index contributed by atoms with van der Waals surface area (Å²) < 4.78 is 20.2. The number of nitrogens with zero attached hydrogens (tertiary/aromatic N) is 3. The lowest BCUT2D eigenvalue weighted by Gasteiger charge is -2.35. The summed E-state index contributed by atoms with van der Waals surface area (Å²) in [7, 11) is 0. The van der Waals surface area contributed by atoms with Gasteiger partial charge in [0.25, 0.3) is 5.91 Å². The zero-order valence-electron chi connectivity index (χ0n) is 14.5. The molecule has 2 aromatic rings. The van der Waals surface area contributed by atoms with Crippen LogP contribution < -0.4 is 5.32 Å². The second-order valence-electron chi connectivity index (χ2n) is 6.39. The molecule has 1 aromatic heterocycles. The highest BCUT2D eigenvalue weighted by Crippen LogP contribution is 2.10. The monoisotopic (exact) mass is 346 g/mol. The third kappa shape index (κ3) is 4.64. The van der Waals surface area contributed by atoms with Crippen molar-refractivity contribution in [3.63, 3.8) is 0 Å². The second-order valence-corrected chi connectivity index (χ2v) is 6.39. The summed E-state index contributed by atoms with van der Waals surface area (Å²) in [6.45, 7) is 7.20. The van der Waals surface area contributed by atoms with Crippen LogP contribution in [0.4, 0.5) is 4.39 Å². The summed E-state index contributed by atoms with van der Waals surface area (Å²) in [5, 5.41) is 7.14. The summed E-state index contributed by atoms with van der Waals surface area (Å²) in [6, 6.07) is 7.61. The third-order valence-electron chi connectivity index (χ3n) is 4.12. The molecule has 0 aliphatic carbocycles. The van der Waals surface area contributed by atoms with Crippen molar-refractivity contribution in [2.24, 2.45) is 0 Å². The van der Waals surface area contributed by atoms with E-state index in [1.807, 2.05) is 0 Å². The van der Waals surface area contributed by atoms with Gasteiger partial charge in [0.1, 0.15) is 5.82 Å². The topological polar surface area (TPSA) is 59.4 Å². The molecule has 1 aliphatic heterocycles. The van der Waals surface area contributed by atoms with Gasteiger partial charge in [-0.3, -0.25) is 9.69 Å². The first kappa shape index (κ1) is 17.6. The first-order valence-electron chi connectivity index (χ1n) is 8.49. The Hall–Kier alpha value is -2.25. The Kier molecular flexibility index (Phi) is 5.45. The maximum atomic E-state index is 13.0. The average molecular weight is 346 g/mol. The van der Waals surface area contributed by atoms with Gasteiger partial charge in [0.2, 0.25) is 0 Å². The number of rotatable bonds is 5. The van der Waals surface area contributed by atoms with Crippen molar-refractivity contribution in [2.45, 2.75) is 26.1 Å². The molecule has 1 aromatic carbocycles. The molecule has 0 spiro atoms. The highest BCUT2D eigenvalue weighted by atomic mass is 19.1. The van der Waals surface area contributed by atoms with E-state index in [9.17, 15) is 9.18 Å². The molecule has 25 heavy (non-hydrogen) atoms. The molecule has 0 bridgehead atoms. The molecule has 3 rings (SSSR count). The van der Waals surface area contributed by atoms with Gasteiger partial charge in [0.15, 0.2) is 5.69 Å². The van der Waals surface area contributed by atoms with Crippen LogP contribution in [0, 0.1) is 5.82 Å². The number of ether oxygens (including phenoxy) is 1. The van der Waals surface area contributed by atoms with Gasteiger partial charge in [0, 0.05) is 32.4 Å². The van der Waals surface area contributed by atoms with Crippen LogP contribution in [0.3, 0.4) is 0 Å². The number of carbonyl (C=O) groups is 1. The zero-order valence-corrected chi connectivity index (χ0v) is 14.5. The van der Waals surface area contributed by atoms with Gasteiger partial charge in [-0.15, -0.1) is 0 Å². The van der Waals surface area contributed by atoms with E-state index < -0.39 is 0 Å². The van der Waals surface area contributed by atoms with Crippen LogP contribution in [-0.4, -0.2) is 59.0 Å². The minimum absolute atomic E-state index is 0.213. The molecule has 1 amide bonds. The number of halogens is 1. The van der Waals surface area contributed by atoms with Crippen LogP contribution in [0.25, 0.3) is 5.69 Å². The van der Waals surface area contributed by atoms with Crippen LogP contribution in [0.15, 0.2) is 36.5 Å². The van der Waals surface area contributed by atoms with Crippen molar-refractivity contribution in [1.29, 1.82) is 0 Å². The normalized spacial score (nSPS) is 21.2. The van der Waals surface area contributed by atoms with Gasteiger partial charge >= 0.3 is 0 Å². The van der Waals surface area contributed by atoms with Crippen molar-refractivity contribution in [3.05, 3.63) is 48.0 Å². The van der Waals surface area contributed by atoms with Crippen LogP contribution in [0.2, 0.25) is 0 Å². The molecule has 1 aliphatic rings. The maximum Gasteiger partial charge on any atom is 0.271 e. The second kappa shape index (κ2) is 7.76. The fourth-order valence-corrected chi connectivity index (χ4v) is 3.07. The number of benzene rings is 1. The van der Waals surface area contributed by atoms with E-state index in [2.05, 4.69) is 29.2 Å². The highest BCUT2D eigenvalue weighted by Gasteiger charge is 2.21. The Bertz CT molecular complexity index is 706. The molecular formula is C18H23FN4O2. The molecular weight excluding hydrogens is 323 g/mol. The van der Waals surface area contributed by atoms with Crippen molar-refractivity contribution in [1.82, 2.24) is 20.0 Å². The van der Waals surface area contributed by atoms with Gasteiger partial charge in [0.05, 0.1) is 17.9 Å². The molecule has 7 heteroatoms. The maximum absolute atomic E-state index is 13.0. The molecule has 2 atom stereocenters. The predicted octanol–water partition coefficient (Wildman–Crippen LogP) is 1.85. The summed E-state index contributed by atoms with van der Waals surface area (Å²) in [5.41, 5.74) is 1.05. The number of amides is 1. The average Bonchev–Trinajstić information content (AvgIpc) is 3.04. The van der Waals surface area contributed by atoms with E-state index in [0.717, 1.165) is 19.6 Å². The van der Waals surface area contributed by atoms with Crippen LogP contribution >= 0.6 is 0 Å². The molecule has 0 saturated carbocycles. The van der Waals surface area contributed by atoms with Gasteiger partial charge in [-0.1, -0.05) is 0 Å². The quantitative estimate of drug-likeness (QED) is 0.898. The molecule has 0 radical (unpaired) electrons. The Balaban J connectivity index is 1.51. The number of morpholine rings is 1. The standard InChI is InChI=1S/C18H23FN4O2/c1-13-11-22(12-14(2)25-13)10-8-20-18(24)17-7-9-23(21-17)16-5-3-15(19)4-6-16/h3-7,9,13-14H,8,10-12H2,1-2H3,(H,20,24)/t13-,14-/m1/s1. The first-order chi connectivity index (χ1) is 12.0. The highest BCUT2D eigenvalue weighted by molar-refractivity contribution is 5.92. The molecule has 1 saturated heterocycles. The van der Waals surface area contributed by atoms with Gasteiger partial charge in [-0.2, -0.15) is 5.10 Å². The Morgan fingerprint density at radius 3 is 2.60 bits per heavy atom. The van der Waals surface area contributed by atoms with E-state index in [0.29, 0.717) is 17.9 Å². The minimum Gasteiger partial charge on any atom is -0.373 e. The van der Waals surface area contributed by atoms with Crippen molar-refractivity contribution >= 4 is 5.91 Å². The summed E-state index contributed by atoms with van der Waals surface area (Å²) >= 11 is 0. The number of hydrogen-bond acceptors (Lipinski definition) is 4. The lowest BCUT2D eigenvalue weighted by molar-refractivity contribution is -0.0672. The number of aromatic nitrogens is 2. The molecule has 134 valence electrons. The fourth-order valence-electron chi connectivity index (χ4n) is 3.07. The Morgan fingerprint density at radius 1 is 1.24 bits per heavy atom. The number of nitrogens with one attached hydrogen (secondary N) is 1. The van der Waals surface area contributed by atoms with Gasteiger partial charge < -0.3 is 10.1 Å². The summed E-state index contributed by atoms with van der Waals surface area (Å²) in [5.74, 6) is -0.518. The first-order valence-corrected chi connectivity index (χ1v) is 8.49. The minimum atomic E-state index is -0.305. The Morgan fingerprint density at radius 2 is 1.92 bits per heavy atom. The molecule has 1 N–H and O–H groups in total. The van der Waals surface area contributed by atoms with Crippen molar-refractivity contribution in [2.75, 3.05) is 26.2 Å². The van der Waals surface area contributed by atoms with E-state index in [1.165, 1.54) is 12.1 Å². The van der Waals surface area contributed by atoms with Gasteiger partial charge in [-0.25, -0.2) is 9.07 Å². The SMILES string of the molecule is C[C@@H]1CN(CCNC(=O)c2ccn(-c3ccc(F)cc3)n2)C[C@@H](C)O1. The van der Waals surface area contributed by atoms with E-state index in [-0.39, 0.29) is 23.9 Å². The molecule has 6 nitrogen and oxygen atoms in total. The number of carbonyl (C=O) groups excluding carboxylic acids is 1. The molecule has 1 fully saturated rings. The van der Waals surface area contributed by atoms with Crippen LogP contribution in [0.1, 0.15) is 24.3 Å².